The number of nitrogens with two attached hydrogens (primary N) is 1. The number of sulfonamides is 1. The second-order valence-electron chi connectivity index (χ2n) is 5.79. The van der Waals surface area contributed by atoms with E-state index in [1.54, 1.807) is 19.1 Å². The summed E-state index contributed by atoms with van der Waals surface area (Å²) in [5, 5.41) is 8.63. The monoisotopic (exact) mass is 282 g/mol. The molecular formula is C14H22N2O2S. The number of hydrogen-bond acceptors (Lipinski definition) is 3. The molecule has 0 spiro atoms. The van der Waals surface area contributed by atoms with Crippen molar-refractivity contribution in [3.8, 4) is 0 Å². The van der Waals surface area contributed by atoms with Crippen LogP contribution in [0, 0.1) is 18.8 Å². The lowest BCUT2D eigenvalue weighted by molar-refractivity contribution is 0.212. The third-order valence-electron chi connectivity index (χ3n) is 4.07. The molecule has 3 N–H and O–H groups in total. The molecule has 0 bridgehead atoms. The van der Waals surface area contributed by atoms with Gasteiger partial charge in [0.2, 0.25) is 10.0 Å². The summed E-state index contributed by atoms with van der Waals surface area (Å²) in [6, 6.07) is 5.63. The van der Waals surface area contributed by atoms with E-state index in [1.165, 1.54) is 0 Å². The Bertz CT molecular complexity index is 561. The van der Waals surface area contributed by atoms with Crippen LogP contribution in [0.5, 0.6) is 0 Å². The minimum atomic E-state index is -3.64. The zero-order valence-electron chi connectivity index (χ0n) is 11.7. The Kier molecular flexibility index (Phi) is 3.87. The zero-order chi connectivity index (χ0) is 14.2. The predicted octanol–water partition coefficient (Wildman–Crippen LogP) is 2.49. The van der Waals surface area contributed by atoms with E-state index < -0.39 is 10.0 Å². The van der Waals surface area contributed by atoms with Crippen molar-refractivity contribution in [1.82, 2.24) is 0 Å². The van der Waals surface area contributed by atoms with Crippen LogP contribution in [-0.4, -0.2) is 14.5 Å². The van der Waals surface area contributed by atoms with E-state index in [-0.39, 0.29) is 4.90 Å². The van der Waals surface area contributed by atoms with Crippen molar-refractivity contribution in [3.63, 3.8) is 0 Å². The standard InChI is InChI=1S/C14H22N2O2S/c1-9(2)11-7-12(8-11)16-13-5-4-6-14(10(13)3)19(15,17)18/h4-6,9,11-12,16H,7-8H2,1-3H3,(H2,15,17,18). The molecule has 2 rings (SSSR count). The second-order valence-corrected chi connectivity index (χ2v) is 7.32. The molecule has 19 heavy (non-hydrogen) atoms. The first kappa shape index (κ1) is 14.3. The van der Waals surface area contributed by atoms with Gasteiger partial charge in [-0.25, -0.2) is 13.6 Å². The van der Waals surface area contributed by atoms with E-state index in [0.29, 0.717) is 11.6 Å². The molecule has 0 unspecified atom stereocenters. The Labute approximate surface area is 115 Å². The van der Waals surface area contributed by atoms with Crippen LogP contribution in [0.2, 0.25) is 0 Å². The first-order chi connectivity index (χ1) is 8.79. The molecular weight excluding hydrogens is 260 g/mol. The maximum Gasteiger partial charge on any atom is 0.238 e. The molecule has 0 heterocycles. The summed E-state index contributed by atoms with van der Waals surface area (Å²) in [4.78, 5) is 0.206. The Morgan fingerprint density at radius 1 is 1.32 bits per heavy atom. The van der Waals surface area contributed by atoms with Gasteiger partial charge >= 0.3 is 0 Å². The molecule has 1 aliphatic carbocycles. The van der Waals surface area contributed by atoms with Gasteiger partial charge in [-0.2, -0.15) is 0 Å². The van der Waals surface area contributed by atoms with Crippen molar-refractivity contribution >= 4 is 15.7 Å². The number of rotatable bonds is 4. The lowest BCUT2D eigenvalue weighted by Crippen LogP contribution is -2.38. The van der Waals surface area contributed by atoms with Gasteiger partial charge in [-0.3, -0.25) is 0 Å². The molecule has 106 valence electrons. The van der Waals surface area contributed by atoms with Gasteiger partial charge < -0.3 is 5.32 Å². The highest BCUT2D eigenvalue weighted by atomic mass is 32.2. The van der Waals surface area contributed by atoms with Crippen LogP contribution in [0.1, 0.15) is 32.3 Å². The number of hydrogen-bond donors (Lipinski definition) is 2. The van der Waals surface area contributed by atoms with Gasteiger partial charge in [0.15, 0.2) is 0 Å². The SMILES string of the molecule is Cc1c(NC2CC(C(C)C)C2)cccc1S(N)(=O)=O. The fraction of sp³-hybridized carbons (Fsp3) is 0.571. The molecule has 4 nitrogen and oxygen atoms in total. The molecule has 0 saturated heterocycles. The van der Waals surface area contributed by atoms with Crippen LogP contribution >= 0.6 is 0 Å². The number of benzene rings is 1. The Hall–Kier alpha value is -1.07. The van der Waals surface area contributed by atoms with Crippen LogP contribution < -0.4 is 10.5 Å². The number of primary sulfonamides is 1. The first-order valence-electron chi connectivity index (χ1n) is 6.68. The van der Waals surface area contributed by atoms with Crippen LogP contribution in [0.4, 0.5) is 5.69 Å². The molecule has 1 aromatic rings. The molecule has 1 fully saturated rings. The highest BCUT2D eigenvalue weighted by Gasteiger charge is 2.31. The number of anilines is 1. The summed E-state index contributed by atoms with van der Waals surface area (Å²) in [6.07, 6.45) is 2.30. The predicted molar refractivity (Wildman–Crippen MR) is 77.5 cm³/mol. The molecule has 0 aliphatic heterocycles. The average Bonchev–Trinajstić information content (AvgIpc) is 2.22. The van der Waals surface area contributed by atoms with Gasteiger partial charge in [0.1, 0.15) is 0 Å². The molecule has 1 saturated carbocycles. The normalized spacial score (nSPS) is 23.2. The van der Waals surface area contributed by atoms with E-state index in [2.05, 4.69) is 19.2 Å². The largest absolute Gasteiger partial charge is 0.382 e. The molecule has 1 aromatic carbocycles. The Balaban J connectivity index is 2.11. The van der Waals surface area contributed by atoms with Gasteiger partial charge in [0, 0.05) is 11.7 Å². The lowest BCUT2D eigenvalue weighted by Gasteiger charge is -2.39. The molecule has 0 aromatic heterocycles. The van der Waals surface area contributed by atoms with E-state index in [9.17, 15) is 8.42 Å². The second kappa shape index (κ2) is 5.13. The minimum Gasteiger partial charge on any atom is -0.382 e. The van der Waals surface area contributed by atoms with Crippen LogP contribution in [-0.2, 0) is 10.0 Å². The minimum absolute atomic E-state index is 0.206. The lowest BCUT2D eigenvalue weighted by atomic mass is 9.73. The van der Waals surface area contributed by atoms with Crippen LogP contribution in [0.25, 0.3) is 0 Å². The summed E-state index contributed by atoms with van der Waals surface area (Å²) >= 11 is 0. The molecule has 0 atom stereocenters. The third-order valence-corrected chi connectivity index (χ3v) is 5.12. The van der Waals surface area contributed by atoms with Gasteiger partial charge in [0.25, 0.3) is 0 Å². The number of nitrogens with one attached hydrogen (secondary N) is 1. The maximum absolute atomic E-state index is 11.5. The summed E-state index contributed by atoms with van der Waals surface area (Å²) in [7, 11) is -3.64. The Morgan fingerprint density at radius 2 is 1.95 bits per heavy atom. The summed E-state index contributed by atoms with van der Waals surface area (Å²) in [6.45, 7) is 6.28. The van der Waals surface area contributed by atoms with Crippen molar-refractivity contribution in [2.75, 3.05) is 5.32 Å². The van der Waals surface area contributed by atoms with E-state index >= 15 is 0 Å². The van der Waals surface area contributed by atoms with Gasteiger partial charge in [0.05, 0.1) is 4.90 Å². The van der Waals surface area contributed by atoms with Crippen LogP contribution in [0.15, 0.2) is 23.1 Å². The van der Waals surface area contributed by atoms with Gasteiger partial charge in [-0.15, -0.1) is 0 Å². The van der Waals surface area contributed by atoms with E-state index in [0.717, 1.165) is 30.4 Å². The van der Waals surface area contributed by atoms with Gasteiger partial charge in [-0.1, -0.05) is 19.9 Å². The van der Waals surface area contributed by atoms with Crippen molar-refractivity contribution in [2.24, 2.45) is 17.0 Å². The zero-order valence-corrected chi connectivity index (χ0v) is 12.5. The average molecular weight is 282 g/mol. The highest BCUT2D eigenvalue weighted by molar-refractivity contribution is 7.89. The van der Waals surface area contributed by atoms with Gasteiger partial charge in [-0.05, 0) is 49.3 Å². The fourth-order valence-electron chi connectivity index (χ4n) is 2.62. The fourth-order valence-corrected chi connectivity index (χ4v) is 3.43. The van der Waals surface area contributed by atoms with E-state index in [1.807, 2.05) is 6.07 Å². The molecule has 0 radical (unpaired) electrons. The van der Waals surface area contributed by atoms with Crippen molar-refractivity contribution in [3.05, 3.63) is 23.8 Å². The summed E-state index contributed by atoms with van der Waals surface area (Å²) < 4.78 is 22.9. The van der Waals surface area contributed by atoms with Crippen molar-refractivity contribution < 1.29 is 8.42 Å². The van der Waals surface area contributed by atoms with E-state index in [4.69, 9.17) is 5.14 Å². The topological polar surface area (TPSA) is 72.2 Å². The third kappa shape index (κ3) is 3.09. The molecule has 5 heteroatoms. The highest BCUT2D eigenvalue weighted by Crippen LogP contribution is 2.36. The van der Waals surface area contributed by atoms with Crippen LogP contribution in [0.3, 0.4) is 0 Å². The quantitative estimate of drug-likeness (QED) is 0.891. The molecule has 1 aliphatic rings. The maximum atomic E-state index is 11.5. The first-order valence-corrected chi connectivity index (χ1v) is 8.22. The molecule has 0 amide bonds. The van der Waals surface area contributed by atoms with Crippen molar-refractivity contribution in [2.45, 2.75) is 44.6 Å². The smallest absolute Gasteiger partial charge is 0.238 e. The summed E-state index contributed by atoms with van der Waals surface area (Å²) in [5.74, 6) is 1.49. The summed E-state index contributed by atoms with van der Waals surface area (Å²) in [5.41, 5.74) is 1.58. The Morgan fingerprint density at radius 3 is 2.47 bits per heavy atom. The van der Waals surface area contributed by atoms with Crippen molar-refractivity contribution in [1.29, 1.82) is 0 Å².